The Balaban J connectivity index is 2.87. The molecular weight excluding hydrogens is 202 g/mol. The van der Waals surface area contributed by atoms with E-state index in [0.29, 0.717) is 12.2 Å². The topological polar surface area (TPSA) is 38.3 Å². The first-order chi connectivity index (χ1) is 7.51. The normalized spacial score (nSPS) is 11.2. The van der Waals surface area contributed by atoms with Crippen LogP contribution in [0.4, 0.5) is 5.69 Å². The lowest BCUT2D eigenvalue weighted by atomic mass is 9.96. The zero-order chi connectivity index (χ0) is 12.2. The Morgan fingerprint density at radius 2 is 1.88 bits per heavy atom. The van der Waals surface area contributed by atoms with Gasteiger partial charge in [0, 0.05) is 24.9 Å². The van der Waals surface area contributed by atoms with Gasteiger partial charge in [0.15, 0.2) is 5.78 Å². The standard InChI is InChI=1S/C13H19NO2/c1-5-16-13(2,3)12(15)10-6-8-11(14-4)9-7-10/h6-9,14H,5H2,1-4H3. The van der Waals surface area contributed by atoms with Gasteiger partial charge >= 0.3 is 0 Å². The van der Waals surface area contributed by atoms with E-state index >= 15 is 0 Å². The molecule has 0 aromatic heterocycles. The summed E-state index contributed by atoms with van der Waals surface area (Å²) in [4.78, 5) is 12.1. The molecule has 1 aromatic carbocycles. The highest BCUT2D eigenvalue weighted by atomic mass is 16.5. The van der Waals surface area contributed by atoms with Gasteiger partial charge in [0.1, 0.15) is 5.60 Å². The minimum atomic E-state index is -0.754. The number of benzene rings is 1. The van der Waals surface area contributed by atoms with Crippen LogP contribution in [0, 0.1) is 0 Å². The van der Waals surface area contributed by atoms with Gasteiger partial charge in [0.05, 0.1) is 0 Å². The number of hydrogen-bond acceptors (Lipinski definition) is 3. The van der Waals surface area contributed by atoms with E-state index in [0.717, 1.165) is 5.69 Å². The first-order valence-electron chi connectivity index (χ1n) is 5.48. The second-order valence-corrected chi connectivity index (χ2v) is 4.10. The Morgan fingerprint density at radius 3 is 2.31 bits per heavy atom. The molecule has 1 aromatic rings. The van der Waals surface area contributed by atoms with Crippen molar-refractivity contribution in [3.05, 3.63) is 29.8 Å². The number of carbonyl (C=O) groups excluding carboxylic acids is 1. The van der Waals surface area contributed by atoms with Crippen molar-refractivity contribution < 1.29 is 9.53 Å². The van der Waals surface area contributed by atoms with Crippen LogP contribution in [0.15, 0.2) is 24.3 Å². The fourth-order valence-electron chi connectivity index (χ4n) is 1.56. The second kappa shape index (κ2) is 5.12. The lowest BCUT2D eigenvalue weighted by Crippen LogP contribution is -2.35. The lowest BCUT2D eigenvalue weighted by molar-refractivity contribution is 0.00126. The van der Waals surface area contributed by atoms with Crippen LogP contribution < -0.4 is 5.32 Å². The molecule has 0 saturated heterocycles. The third-order valence-electron chi connectivity index (χ3n) is 2.49. The van der Waals surface area contributed by atoms with Crippen LogP contribution in [-0.4, -0.2) is 25.0 Å². The largest absolute Gasteiger partial charge is 0.388 e. The molecule has 3 heteroatoms. The molecule has 16 heavy (non-hydrogen) atoms. The summed E-state index contributed by atoms with van der Waals surface area (Å²) in [6.07, 6.45) is 0. The van der Waals surface area contributed by atoms with Gasteiger partial charge in [-0.15, -0.1) is 0 Å². The van der Waals surface area contributed by atoms with Crippen LogP contribution in [0.2, 0.25) is 0 Å². The maximum Gasteiger partial charge on any atom is 0.194 e. The molecule has 0 aliphatic rings. The third-order valence-corrected chi connectivity index (χ3v) is 2.49. The van der Waals surface area contributed by atoms with E-state index in [1.165, 1.54) is 0 Å². The molecule has 0 bridgehead atoms. The van der Waals surface area contributed by atoms with Crippen molar-refractivity contribution in [1.82, 2.24) is 0 Å². The van der Waals surface area contributed by atoms with Gasteiger partial charge in [-0.25, -0.2) is 0 Å². The van der Waals surface area contributed by atoms with Crippen LogP contribution in [0.5, 0.6) is 0 Å². The summed E-state index contributed by atoms with van der Waals surface area (Å²) in [7, 11) is 1.85. The van der Waals surface area contributed by atoms with Crippen LogP contribution in [0.25, 0.3) is 0 Å². The molecule has 0 heterocycles. The molecule has 1 N–H and O–H groups in total. The first-order valence-corrected chi connectivity index (χ1v) is 5.48. The maximum absolute atomic E-state index is 12.1. The van der Waals surface area contributed by atoms with E-state index < -0.39 is 5.60 Å². The Kier molecular flexibility index (Phi) is 4.07. The summed E-state index contributed by atoms with van der Waals surface area (Å²) in [6.45, 7) is 6.02. The monoisotopic (exact) mass is 221 g/mol. The molecular formula is C13H19NO2. The average molecular weight is 221 g/mol. The number of Topliss-reactive ketones (excluding diaryl/α,β-unsaturated/α-hetero) is 1. The number of ether oxygens (including phenoxy) is 1. The molecule has 3 nitrogen and oxygen atoms in total. The maximum atomic E-state index is 12.1. The van der Waals surface area contributed by atoms with Crippen molar-refractivity contribution in [2.45, 2.75) is 26.4 Å². The summed E-state index contributed by atoms with van der Waals surface area (Å²) in [5, 5.41) is 3.01. The highest BCUT2D eigenvalue weighted by Crippen LogP contribution is 2.18. The van der Waals surface area contributed by atoms with Crippen molar-refractivity contribution in [2.24, 2.45) is 0 Å². The van der Waals surface area contributed by atoms with Crippen molar-refractivity contribution in [3.63, 3.8) is 0 Å². The minimum absolute atomic E-state index is 0.0111. The van der Waals surface area contributed by atoms with Crippen LogP contribution in [0.1, 0.15) is 31.1 Å². The molecule has 0 fully saturated rings. The van der Waals surface area contributed by atoms with Gasteiger partial charge in [0.25, 0.3) is 0 Å². The van der Waals surface area contributed by atoms with Crippen molar-refractivity contribution in [2.75, 3.05) is 19.0 Å². The van der Waals surface area contributed by atoms with Gasteiger partial charge < -0.3 is 10.1 Å². The molecule has 0 radical (unpaired) electrons. The lowest BCUT2D eigenvalue weighted by Gasteiger charge is -2.23. The zero-order valence-corrected chi connectivity index (χ0v) is 10.3. The number of hydrogen-bond donors (Lipinski definition) is 1. The van der Waals surface area contributed by atoms with Crippen LogP contribution >= 0.6 is 0 Å². The van der Waals surface area contributed by atoms with Crippen LogP contribution in [0.3, 0.4) is 0 Å². The molecule has 0 saturated carbocycles. The Bertz CT molecular complexity index is 355. The van der Waals surface area contributed by atoms with E-state index in [-0.39, 0.29) is 5.78 Å². The Labute approximate surface area is 96.8 Å². The number of nitrogens with one attached hydrogen (secondary N) is 1. The molecule has 88 valence electrons. The van der Waals surface area contributed by atoms with Gasteiger partial charge in [-0.3, -0.25) is 4.79 Å². The molecule has 0 amide bonds. The molecule has 0 spiro atoms. The average Bonchev–Trinajstić information content (AvgIpc) is 2.28. The predicted molar refractivity (Wildman–Crippen MR) is 66.0 cm³/mol. The van der Waals surface area contributed by atoms with Gasteiger partial charge in [-0.2, -0.15) is 0 Å². The van der Waals surface area contributed by atoms with E-state index in [1.54, 1.807) is 13.8 Å². The number of anilines is 1. The SMILES string of the molecule is CCOC(C)(C)C(=O)c1ccc(NC)cc1. The zero-order valence-electron chi connectivity index (χ0n) is 10.3. The van der Waals surface area contributed by atoms with Gasteiger partial charge in [0.2, 0.25) is 0 Å². The minimum Gasteiger partial charge on any atom is -0.388 e. The van der Waals surface area contributed by atoms with E-state index in [2.05, 4.69) is 5.32 Å². The summed E-state index contributed by atoms with van der Waals surface area (Å²) < 4.78 is 5.44. The summed E-state index contributed by atoms with van der Waals surface area (Å²) in [5.41, 5.74) is 0.916. The predicted octanol–water partition coefficient (Wildman–Crippen LogP) is 2.73. The highest BCUT2D eigenvalue weighted by molar-refractivity contribution is 6.02. The van der Waals surface area contributed by atoms with Gasteiger partial charge in [-0.05, 0) is 45.0 Å². The first kappa shape index (κ1) is 12.7. The fourth-order valence-corrected chi connectivity index (χ4v) is 1.56. The van der Waals surface area contributed by atoms with E-state index in [4.69, 9.17) is 4.74 Å². The number of rotatable bonds is 5. The second-order valence-electron chi connectivity index (χ2n) is 4.10. The third kappa shape index (κ3) is 2.83. The molecule has 0 aliphatic heterocycles. The quantitative estimate of drug-likeness (QED) is 0.777. The highest BCUT2D eigenvalue weighted by Gasteiger charge is 2.28. The molecule has 1 rings (SSSR count). The smallest absolute Gasteiger partial charge is 0.194 e. The fraction of sp³-hybridized carbons (Fsp3) is 0.462. The summed E-state index contributed by atoms with van der Waals surface area (Å²) in [6, 6.07) is 7.40. The molecule has 0 unspecified atom stereocenters. The van der Waals surface area contributed by atoms with Crippen molar-refractivity contribution in [1.29, 1.82) is 0 Å². The molecule has 0 atom stereocenters. The number of ketones is 1. The Hall–Kier alpha value is -1.35. The van der Waals surface area contributed by atoms with Crippen molar-refractivity contribution in [3.8, 4) is 0 Å². The van der Waals surface area contributed by atoms with E-state index in [1.807, 2.05) is 38.2 Å². The Morgan fingerprint density at radius 1 is 1.31 bits per heavy atom. The molecule has 0 aliphatic carbocycles. The summed E-state index contributed by atoms with van der Waals surface area (Å²) in [5.74, 6) is 0.0111. The number of carbonyl (C=O) groups is 1. The van der Waals surface area contributed by atoms with Crippen LogP contribution in [-0.2, 0) is 4.74 Å². The summed E-state index contributed by atoms with van der Waals surface area (Å²) >= 11 is 0. The van der Waals surface area contributed by atoms with E-state index in [9.17, 15) is 4.79 Å². The van der Waals surface area contributed by atoms with Gasteiger partial charge in [-0.1, -0.05) is 0 Å². The van der Waals surface area contributed by atoms with Crippen molar-refractivity contribution >= 4 is 11.5 Å².